The summed E-state index contributed by atoms with van der Waals surface area (Å²) in [7, 11) is 0. The van der Waals surface area contributed by atoms with Crippen LogP contribution in [0.2, 0.25) is 0 Å². The molecular formula is C16H27N3. The molecular weight excluding hydrogens is 234 g/mol. The van der Waals surface area contributed by atoms with Crippen LogP contribution in [-0.4, -0.2) is 24.6 Å². The minimum Gasteiger partial charge on any atom is -0.356 e. The van der Waals surface area contributed by atoms with Crippen molar-refractivity contribution in [2.45, 2.75) is 46.6 Å². The number of hydrogen-bond acceptors (Lipinski definition) is 3. The molecule has 19 heavy (non-hydrogen) atoms. The van der Waals surface area contributed by atoms with Gasteiger partial charge in [-0.1, -0.05) is 33.3 Å². The van der Waals surface area contributed by atoms with Crippen molar-refractivity contribution in [1.29, 1.82) is 0 Å². The van der Waals surface area contributed by atoms with E-state index >= 15 is 0 Å². The smallest absolute Gasteiger partial charge is 0.133 e. The Morgan fingerprint density at radius 3 is 2.68 bits per heavy atom. The van der Waals surface area contributed by atoms with Crippen molar-refractivity contribution in [3.05, 3.63) is 23.9 Å². The summed E-state index contributed by atoms with van der Waals surface area (Å²) in [4.78, 5) is 7.08. The van der Waals surface area contributed by atoms with Gasteiger partial charge < -0.3 is 10.2 Å². The van der Waals surface area contributed by atoms with Crippen LogP contribution in [0.4, 0.5) is 5.82 Å². The van der Waals surface area contributed by atoms with Gasteiger partial charge in [-0.05, 0) is 30.9 Å². The van der Waals surface area contributed by atoms with Gasteiger partial charge in [0.15, 0.2) is 0 Å². The molecule has 1 saturated heterocycles. The molecule has 1 aliphatic rings. The Labute approximate surface area is 117 Å². The van der Waals surface area contributed by atoms with E-state index < -0.39 is 0 Å². The molecule has 0 radical (unpaired) electrons. The van der Waals surface area contributed by atoms with Crippen LogP contribution >= 0.6 is 0 Å². The summed E-state index contributed by atoms with van der Waals surface area (Å²) in [5.41, 5.74) is 1.86. The maximum atomic E-state index is 4.61. The molecule has 0 atom stereocenters. The third-order valence-corrected chi connectivity index (χ3v) is 4.56. The fourth-order valence-electron chi connectivity index (χ4n) is 2.72. The van der Waals surface area contributed by atoms with E-state index in [9.17, 15) is 0 Å². The van der Waals surface area contributed by atoms with Gasteiger partial charge >= 0.3 is 0 Å². The van der Waals surface area contributed by atoms with Crippen LogP contribution in [0.1, 0.15) is 45.6 Å². The zero-order chi connectivity index (χ0) is 13.7. The summed E-state index contributed by atoms with van der Waals surface area (Å²) in [5, 5.41) is 3.40. The van der Waals surface area contributed by atoms with Crippen LogP contribution in [0.15, 0.2) is 18.3 Å². The van der Waals surface area contributed by atoms with Crippen LogP contribution < -0.4 is 10.2 Å². The minimum absolute atomic E-state index is 0.535. The third-order valence-electron chi connectivity index (χ3n) is 4.56. The van der Waals surface area contributed by atoms with E-state index in [1.165, 1.54) is 30.6 Å². The Kier molecular flexibility index (Phi) is 4.81. The molecule has 106 valence electrons. The lowest BCUT2D eigenvalue weighted by Crippen LogP contribution is -2.39. The molecule has 3 nitrogen and oxygen atoms in total. The van der Waals surface area contributed by atoms with Gasteiger partial charge in [-0.2, -0.15) is 0 Å². The lowest BCUT2D eigenvalue weighted by Gasteiger charge is -2.40. The number of hydrogen-bond donors (Lipinski definition) is 1. The summed E-state index contributed by atoms with van der Waals surface area (Å²) in [6.07, 6.45) is 5.76. The zero-order valence-corrected chi connectivity index (χ0v) is 12.6. The molecule has 1 fully saturated rings. The van der Waals surface area contributed by atoms with E-state index in [1.807, 2.05) is 12.3 Å². The number of nitrogens with one attached hydrogen (secondary N) is 1. The van der Waals surface area contributed by atoms with Crippen LogP contribution in [0.5, 0.6) is 0 Å². The van der Waals surface area contributed by atoms with Crippen LogP contribution in [-0.2, 0) is 6.54 Å². The predicted octanol–water partition coefficient (Wildman–Crippen LogP) is 3.21. The first-order valence-corrected chi connectivity index (χ1v) is 7.58. The van der Waals surface area contributed by atoms with E-state index in [4.69, 9.17) is 0 Å². The summed E-state index contributed by atoms with van der Waals surface area (Å²) in [6, 6.07) is 4.23. The maximum Gasteiger partial charge on any atom is 0.133 e. The lowest BCUT2D eigenvalue weighted by molar-refractivity contribution is 0.237. The van der Waals surface area contributed by atoms with Crippen molar-refractivity contribution >= 4 is 5.82 Å². The summed E-state index contributed by atoms with van der Waals surface area (Å²) >= 11 is 0. The second-order valence-corrected chi connectivity index (χ2v) is 5.92. The number of rotatable bonds is 5. The second-order valence-electron chi connectivity index (χ2n) is 5.92. The summed E-state index contributed by atoms with van der Waals surface area (Å²) < 4.78 is 0. The SMILES string of the molecule is CCNCc1cccnc1N1CCC(C)(CC)CC1. The molecule has 0 aliphatic carbocycles. The highest BCUT2D eigenvalue weighted by atomic mass is 15.2. The van der Waals surface area contributed by atoms with Crippen LogP contribution in [0.25, 0.3) is 0 Å². The summed E-state index contributed by atoms with van der Waals surface area (Å²) in [6.45, 7) is 11.1. The van der Waals surface area contributed by atoms with Gasteiger partial charge in [-0.15, -0.1) is 0 Å². The molecule has 0 unspecified atom stereocenters. The van der Waals surface area contributed by atoms with Gasteiger partial charge in [0.25, 0.3) is 0 Å². The van der Waals surface area contributed by atoms with Gasteiger partial charge in [0, 0.05) is 31.4 Å². The first-order chi connectivity index (χ1) is 9.18. The Morgan fingerprint density at radius 1 is 1.32 bits per heavy atom. The first-order valence-electron chi connectivity index (χ1n) is 7.58. The molecule has 0 bridgehead atoms. The average Bonchev–Trinajstić information content (AvgIpc) is 2.46. The van der Waals surface area contributed by atoms with E-state index in [1.54, 1.807) is 0 Å². The van der Waals surface area contributed by atoms with Gasteiger partial charge in [0.05, 0.1) is 0 Å². The number of piperidine rings is 1. The molecule has 3 heteroatoms. The fraction of sp³-hybridized carbons (Fsp3) is 0.688. The molecule has 1 N–H and O–H groups in total. The first kappa shape index (κ1) is 14.3. The largest absolute Gasteiger partial charge is 0.356 e. The van der Waals surface area contributed by atoms with Gasteiger partial charge in [0.2, 0.25) is 0 Å². The van der Waals surface area contributed by atoms with Crippen LogP contribution in [0.3, 0.4) is 0 Å². The normalized spacial score (nSPS) is 18.6. The molecule has 0 amide bonds. The molecule has 0 aromatic carbocycles. The van der Waals surface area contributed by atoms with Crippen molar-refractivity contribution in [2.75, 3.05) is 24.5 Å². The minimum atomic E-state index is 0.535. The van der Waals surface area contributed by atoms with Crippen molar-refractivity contribution in [1.82, 2.24) is 10.3 Å². The third kappa shape index (κ3) is 3.47. The van der Waals surface area contributed by atoms with Gasteiger partial charge in [-0.25, -0.2) is 4.98 Å². The van der Waals surface area contributed by atoms with Gasteiger partial charge in [0.1, 0.15) is 5.82 Å². The Morgan fingerprint density at radius 2 is 2.05 bits per heavy atom. The van der Waals surface area contributed by atoms with E-state index in [0.717, 1.165) is 26.2 Å². The van der Waals surface area contributed by atoms with Crippen molar-refractivity contribution in [3.8, 4) is 0 Å². The summed E-state index contributed by atoms with van der Waals surface area (Å²) in [5.74, 6) is 1.18. The molecule has 2 rings (SSSR count). The highest BCUT2D eigenvalue weighted by molar-refractivity contribution is 5.47. The van der Waals surface area contributed by atoms with Crippen molar-refractivity contribution in [2.24, 2.45) is 5.41 Å². The highest BCUT2D eigenvalue weighted by Crippen LogP contribution is 2.35. The van der Waals surface area contributed by atoms with Crippen molar-refractivity contribution in [3.63, 3.8) is 0 Å². The maximum absolute atomic E-state index is 4.61. The van der Waals surface area contributed by atoms with Crippen LogP contribution in [0, 0.1) is 5.41 Å². The standard InChI is InChI=1S/C16H27N3/c1-4-16(3)8-11-19(12-9-16)15-14(13-17-5-2)7-6-10-18-15/h6-7,10,17H,4-5,8-9,11-13H2,1-3H3. The molecule has 0 saturated carbocycles. The van der Waals surface area contributed by atoms with E-state index in [2.05, 4.69) is 42.0 Å². The number of anilines is 1. The molecule has 1 aromatic rings. The Balaban J connectivity index is 2.06. The Hall–Kier alpha value is -1.09. The number of nitrogens with zero attached hydrogens (tertiary/aromatic N) is 2. The monoisotopic (exact) mass is 261 g/mol. The topological polar surface area (TPSA) is 28.2 Å². The lowest BCUT2D eigenvalue weighted by atomic mass is 9.78. The quantitative estimate of drug-likeness (QED) is 0.882. The van der Waals surface area contributed by atoms with Crippen molar-refractivity contribution < 1.29 is 0 Å². The van der Waals surface area contributed by atoms with E-state index in [0.29, 0.717) is 5.41 Å². The van der Waals surface area contributed by atoms with E-state index in [-0.39, 0.29) is 0 Å². The molecule has 0 spiro atoms. The number of aromatic nitrogens is 1. The fourth-order valence-corrected chi connectivity index (χ4v) is 2.72. The zero-order valence-electron chi connectivity index (χ0n) is 12.6. The molecule has 2 heterocycles. The Bertz CT molecular complexity index is 395. The molecule has 1 aliphatic heterocycles. The highest BCUT2D eigenvalue weighted by Gasteiger charge is 2.29. The predicted molar refractivity (Wildman–Crippen MR) is 81.5 cm³/mol. The second kappa shape index (κ2) is 6.38. The molecule has 1 aromatic heterocycles. The van der Waals surface area contributed by atoms with Gasteiger partial charge in [-0.3, -0.25) is 0 Å². The number of pyridine rings is 1. The average molecular weight is 261 g/mol.